The second kappa shape index (κ2) is 4.40. The minimum absolute atomic E-state index is 0.0197. The number of carbonyl (C=O) groups is 2. The van der Waals surface area contributed by atoms with Gasteiger partial charge in [-0.15, -0.1) is 0 Å². The number of anilines is 1. The van der Waals surface area contributed by atoms with Crippen LogP contribution in [0.4, 0.5) is 5.69 Å². The molecule has 0 aliphatic heterocycles. The summed E-state index contributed by atoms with van der Waals surface area (Å²) in [4.78, 5) is 26.1. The van der Waals surface area contributed by atoms with E-state index < -0.39 is 5.97 Å². The number of carbonyl (C=O) groups excluding carboxylic acids is 1. The van der Waals surface area contributed by atoms with E-state index in [0.717, 1.165) is 25.0 Å². The fraction of sp³-hybridized carbons (Fsp3) is 0.571. The highest BCUT2D eigenvalue weighted by Crippen LogP contribution is 2.48. The van der Waals surface area contributed by atoms with E-state index in [2.05, 4.69) is 10.3 Å². The first-order chi connectivity index (χ1) is 9.04. The van der Waals surface area contributed by atoms with Gasteiger partial charge in [0.1, 0.15) is 5.69 Å². The molecule has 2 aliphatic carbocycles. The predicted molar refractivity (Wildman–Crippen MR) is 70.1 cm³/mol. The number of carboxylic acid groups (broad SMARTS) is 1. The van der Waals surface area contributed by atoms with E-state index in [0.29, 0.717) is 17.5 Å². The second-order valence-electron chi connectivity index (χ2n) is 5.82. The Hall–Kier alpha value is -1.78. The van der Waals surface area contributed by atoms with Crippen LogP contribution in [-0.2, 0) is 4.79 Å². The number of nitrogens with one attached hydrogen (secondary N) is 2. The van der Waals surface area contributed by atoms with Crippen molar-refractivity contribution in [2.45, 2.75) is 32.6 Å². The number of amides is 1. The minimum atomic E-state index is -1.05. The maximum atomic E-state index is 12.3. The van der Waals surface area contributed by atoms with Gasteiger partial charge < -0.3 is 15.4 Å². The number of aromatic nitrogens is 1. The lowest BCUT2D eigenvalue weighted by Gasteiger charge is -2.20. The van der Waals surface area contributed by atoms with Crippen LogP contribution in [0.1, 0.15) is 41.9 Å². The number of aryl methyl sites for hydroxylation is 1. The summed E-state index contributed by atoms with van der Waals surface area (Å²) in [6, 6.07) is 1.68. The first-order valence-electron chi connectivity index (χ1n) is 6.78. The maximum Gasteiger partial charge on any atom is 0.354 e. The lowest BCUT2D eigenvalue weighted by Crippen LogP contribution is -2.27. The van der Waals surface area contributed by atoms with Gasteiger partial charge in [-0.25, -0.2) is 4.79 Å². The van der Waals surface area contributed by atoms with E-state index in [1.807, 2.05) is 0 Å². The number of fused-ring (bicyclic) bond motifs is 2. The summed E-state index contributed by atoms with van der Waals surface area (Å²) in [5, 5.41) is 11.9. The van der Waals surface area contributed by atoms with E-state index >= 15 is 0 Å². The SMILES string of the molecule is Cc1cc(NC(=O)C2CC3CCC2C3)c(C(=O)O)[nH]1. The highest BCUT2D eigenvalue weighted by Gasteiger charge is 2.43. The third kappa shape index (κ3) is 2.13. The van der Waals surface area contributed by atoms with Gasteiger partial charge >= 0.3 is 5.97 Å². The van der Waals surface area contributed by atoms with Crippen molar-refractivity contribution in [1.82, 2.24) is 4.98 Å². The average molecular weight is 262 g/mol. The lowest BCUT2D eigenvalue weighted by molar-refractivity contribution is -0.121. The fourth-order valence-electron chi connectivity index (χ4n) is 3.65. The molecule has 1 amide bonds. The first-order valence-corrected chi connectivity index (χ1v) is 6.78. The van der Waals surface area contributed by atoms with Gasteiger partial charge in [0, 0.05) is 11.6 Å². The van der Waals surface area contributed by atoms with Gasteiger partial charge in [-0.3, -0.25) is 4.79 Å². The number of hydrogen-bond acceptors (Lipinski definition) is 2. The highest BCUT2D eigenvalue weighted by atomic mass is 16.4. The lowest BCUT2D eigenvalue weighted by atomic mass is 9.88. The minimum Gasteiger partial charge on any atom is -0.477 e. The average Bonchev–Trinajstić information content (AvgIpc) is 3.03. The molecule has 0 spiro atoms. The van der Waals surface area contributed by atoms with Crippen LogP contribution in [0.3, 0.4) is 0 Å². The van der Waals surface area contributed by atoms with Crippen molar-refractivity contribution in [3.05, 3.63) is 17.5 Å². The van der Waals surface area contributed by atoms with Crippen molar-refractivity contribution >= 4 is 17.6 Å². The molecule has 0 aromatic carbocycles. The van der Waals surface area contributed by atoms with Crippen LogP contribution in [0.15, 0.2) is 6.07 Å². The van der Waals surface area contributed by atoms with Crippen LogP contribution >= 0.6 is 0 Å². The summed E-state index contributed by atoms with van der Waals surface area (Å²) in [5.74, 6) is 0.201. The van der Waals surface area contributed by atoms with E-state index in [9.17, 15) is 9.59 Å². The van der Waals surface area contributed by atoms with E-state index in [-0.39, 0.29) is 17.5 Å². The molecular weight excluding hydrogens is 244 g/mol. The van der Waals surface area contributed by atoms with Gasteiger partial charge in [-0.05, 0) is 44.1 Å². The summed E-state index contributed by atoms with van der Waals surface area (Å²) in [5.41, 5.74) is 1.19. The Morgan fingerprint density at radius 3 is 2.74 bits per heavy atom. The Morgan fingerprint density at radius 1 is 1.37 bits per heavy atom. The van der Waals surface area contributed by atoms with Crippen molar-refractivity contribution < 1.29 is 14.7 Å². The fourth-order valence-corrected chi connectivity index (χ4v) is 3.65. The van der Waals surface area contributed by atoms with Crippen LogP contribution in [0.5, 0.6) is 0 Å². The van der Waals surface area contributed by atoms with Crippen LogP contribution in [-0.4, -0.2) is 22.0 Å². The molecule has 0 saturated heterocycles. The quantitative estimate of drug-likeness (QED) is 0.782. The number of hydrogen-bond donors (Lipinski definition) is 3. The molecule has 1 aromatic heterocycles. The zero-order chi connectivity index (χ0) is 13.6. The van der Waals surface area contributed by atoms with E-state index in [4.69, 9.17) is 5.11 Å². The smallest absolute Gasteiger partial charge is 0.354 e. The molecule has 3 unspecified atom stereocenters. The zero-order valence-corrected chi connectivity index (χ0v) is 10.9. The number of H-pyrrole nitrogens is 1. The van der Waals surface area contributed by atoms with Crippen LogP contribution in [0.2, 0.25) is 0 Å². The van der Waals surface area contributed by atoms with Crippen LogP contribution in [0.25, 0.3) is 0 Å². The molecule has 1 aromatic rings. The molecule has 19 heavy (non-hydrogen) atoms. The Kier molecular flexibility index (Phi) is 2.84. The summed E-state index contributed by atoms with van der Waals surface area (Å²) in [6.45, 7) is 1.78. The molecule has 5 heteroatoms. The van der Waals surface area contributed by atoms with Crippen molar-refractivity contribution in [3.63, 3.8) is 0 Å². The molecule has 102 valence electrons. The third-order valence-electron chi connectivity index (χ3n) is 4.50. The summed E-state index contributed by atoms with van der Waals surface area (Å²) >= 11 is 0. The Morgan fingerprint density at radius 2 is 2.16 bits per heavy atom. The molecule has 5 nitrogen and oxygen atoms in total. The molecule has 2 saturated carbocycles. The predicted octanol–water partition coefficient (Wildman–Crippen LogP) is 2.40. The summed E-state index contributed by atoms with van der Waals surface area (Å²) < 4.78 is 0. The van der Waals surface area contributed by atoms with Gasteiger partial charge in [0.05, 0.1) is 5.69 Å². The van der Waals surface area contributed by atoms with Gasteiger partial charge in [0.15, 0.2) is 0 Å². The molecule has 2 fully saturated rings. The van der Waals surface area contributed by atoms with E-state index in [1.165, 1.54) is 6.42 Å². The largest absolute Gasteiger partial charge is 0.477 e. The van der Waals surface area contributed by atoms with Crippen molar-refractivity contribution in [2.24, 2.45) is 17.8 Å². The van der Waals surface area contributed by atoms with Gasteiger partial charge in [-0.2, -0.15) is 0 Å². The molecule has 3 N–H and O–H groups in total. The number of aromatic amines is 1. The maximum absolute atomic E-state index is 12.3. The van der Waals surface area contributed by atoms with Crippen molar-refractivity contribution in [2.75, 3.05) is 5.32 Å². The molecule has 2 bridgehead atoms. The van der Waals surface area contributed by atoms with Gasteiger partial charge in [0.2, 0.25) is 5.91 Å². The number of carboxylic acids is 1. The van der Waals surface area contributed by atoms with Crippen molar-refractivity contribution in [1.29, 1.82) is 0 Å². The Labute approximate surface area is 111 Å². The zero-order valence-electron chi connectivity index (χ0n) is 10.9. The third-order valence-corrected chi connectivity index (χ3v) is 4.50. The van der Waals surface area contributed by atoms with Crippen LogP contribution < -0.4 is 5.32 Å². The second-order valence-corrected chi connectivity index (χ2v) is 5.82. The molecule has 3 rings (SSSR count). The first kappa shape index (κ1) is 12.3. The number of rotatable bonds is 3. The van der Waals surface area contributed by atoms with Gasteiger partial charge in [0.25, 0.3) is 0 Å². The normalized spacial score (nSPS) is 28.6. The highest BCUT2D eigenvalue weighted by molar-refractivity contribution is 6.00. The Bertz CT molecular complexity index is 535. The molecule has 2 aliphatic rings. The van der Waals surface area contributed by atoms with E-state index in [1.54, 1.807) is 13.0 Å². The van der Waals surface area contributed by atoms with Crippen molar-refractivity contribution in [3.8, 4) is 0 Å². The monoisotopic (exact) mass is 262 g/mol. The van der Waals surface area contributed by atoms with Crippen LogP contribution in [0, 0.1) is 24.7 Å². The molecular formula is C14H18N2O3. The van der Waals surface area contributed by atoms with Gasteiger partial charge in [-0.1, -0.05) is 6.42 Å². The molecule has 1 heterocycles. The Balaban J connectivity index is 1.74. The standard InChI is InChI=1S/C14H18N2O3/c1-7-4-11(12(15-7)14(18)19)16-13(17)10-6-8-2-3-9(10)5-8/h4,8-10,15H,2-3,5-6H2,1H3,(H,16,17)(H,18,19). The topological polar surface area (TPSA) is 82.2 Å². The number of aromatic carboxylic acids is 1. The molecule has 0 radical (unpaired) electrons. The summed E-state index contributed by atoms with van der Waals surface area (Å²) in [7, 11) is 0. The molecule has 3 atom stereocenters. The summed E-state index contributed by atoms with van der Waals surface area (Å²) in [6.07, 6.45) is 4.51.